The van der Waals surface area contributed by atoms with Crippen LogP contribution in [0.1, 0.15) is 12.8 Å². The van der Waals surface area contributed by atoms with E-state index in [2.05, 4.69) is 5.32 Å². The van der Waals surface area contributed by atoms with Gasteiger partial charge in [0.1, 0.15) is 0 Å². The molecule has 1 atom stereocenters. The number of nitrogen functional groups attached to an aromatic ring is 1. The van der Waals surface area contributed by atoms with Crippen LogP contribution >= 0.6 is 0 Å². The number of rotatable bonds is 3. The molecule has 18 heavy (non-hydrogen) atoms. The zero-order chi connectivity index (χ0) is 13.0. The minimum Gasteiger partial charge on any atom is -0.399 e. The molecule has 0 aliphatic carbocycles. The minimum atomic E-state index is -0.0831. The van der Waals surface area contributed by atoms with Gasteiger partial charge in [0.25, 0.3) is 0 Å². The van der Waals surface area contributed by atoms with Crippen molar-refractivity contribution in [1.29, 1.82) is 0 Å². The van der Waals surface area contributed by atoms with Crippen LogP contribution in [-0.4, -0.2) is 35.7 Å². The van der Waals surface area contributed by atoms with E-state index >= 15 is 0 Å². The van der Waals surface area contributed by atoms with E-state index in [1.54, 1.807) is 29.2 Å². The van der Waals surface area contributed by atoms with Crippen LogP contribution in [0.2, 0.25) is 0 Å². The Balaban J connectivity index is 1.87. The van der Waals surface area contributed by atoms with Crippen molar-refractivity contribution in [2.45, 2.75) is 12.8 Å². The average Bonchev–Trinajstić information content (AvgIpc) is 2.81. The summed E-state index contributed by atoms with van der Waals surface area (Å²) in [6.07, 6.45) is 1.74. The van der Waals surface area contributed by atoms with Crippen LogP contribution in [-0.2, 0) is 0 Å². The van der Waals surface area contributed by atoms with Gasteiger partial charge in [0, 0.05) is 31.1 Å². The van der Waals surface area contributed by atoms with Gasteiger partial charge in [-0.15, -0.1) is 0 Å². The number of nitrogens with two attached hydrogens (primary N) is 1. The van der Waals surface area contributed by atoms with E-state index in [9.17, 15) is 4.79 Å². The molecule has 0 spiro atoms. The number of carbonyl (C=O) groups excluding carboxylic acids is 1. The molecule has 2 rings (SSSR count). The first-order chi connectivity index (χ1) is 8.69. The predicted octanol–water partition coefficient (Wildman–Crippen LogP) is 1.50. The lowest BCUT2D eigenvalue weighted by atomic mass is 10.1. The summed E-state index contributed by atoms with van der Waals surface area (Å²) in [5.41, 5.74) is 7.01. The summed E-state index contributed by atoms with van der Waals surface area (Å²) < 4.78 is 0. The Labute approximate surface area is 107 Å². The van der Waals surface area contributed by atoms with Crippen molar-refractivity contribution in [3.63, 3.8) is 0 Å². The monoisotopic (exact) mass is 249 g/mol. The first kappa shape index (κ1) is 12.7. The van der Waals surface area contributed by atoms with Gasteiger partial charge >= 0.3 is 6.03 Å². The highest BCUT2D eigenvalue weighted by atomic mass is 16.3. The average molecular weight is 249 g/mol. The van der Waals surface area contributed by atoms with Crippen LogP contribution in [0.4, 0.5) is 16.2 Å². The number of aliphatic hydroxyl groups is 1. The molecule has 0 saturated carbocycles. The van der Waals surface area contributed by atoms with E-state index in [1.807, 2.05) is 0 Å². The summed E-state index contributed by atoms with van der Waals surface area (Å²) in [7, 11) is 0. The Kier molecular flexibility index (Phi) is 4.04. The van der Waals surface area contributed by atoms with Crippen LogP contribution in [0.3, 0.4) is 0 Å². The van der Waals surface area contributed by atoms with E-state index in [-0.39, 0.29) is 12.6 Å². The number of carbonyl (C=O) groups is 1. The SMILES string of the molecule is Nc1ccc(NC(=O)N2CCC(CCO)C2)cc1. The Bertz CT molecular complexity index is 405. The number of hydrogen-bond acceptors (Lipinski definition) is 3. The number of likely N-dealkylation sites (tertiary alicyclic amines) is 1. The molecule has 2 amide bonds. The van der Waals surface area contributed by atoms with E-state index in [4.69, 9.17) is 10.8 Å². The lowest BCUT2D eigenvalue weighted by molar-refractivity contribution is 0.217. The van der Waals surface area contributed by atoms with E-state index in [0.717, 1.165) is 31.6 Å². The highest BCUT2D eigenvalue weighted by Crippen LogP contribution is 2.20. The maximum absolute atomic E-state index is 12.0. The minimum absolute atomic E-state index is 0.0831. The number of hydrogen-bond donors (Lipinski definition) is 3. The fourth-order valence-electron chi connectivity index (χ4n) is 2.20. The zero-order valence-electron chi connectivity index (χ0n) is 10.3. The summed E-state index contributed by atoms with van der Waals surface area (Å²) in [5, 5.41) is 11.7. The number of benzene rings is 1. The summed E-state index contributed by atoms with van der Waals surface area (Å²) in [6, 6.07) is 7.01. The number of nitrogens with zero attached hydrogens (tertiary/aromatic N) is 1. The molecule has 5 heteroatoms. The molecule has 1 fully saturated rings. The van der Waals surface area contributed by atoms with Crippen LogP contribution in [0.15, 0.2) is 24.3 Å². The van der Waals surface area contributed by atoms with Gasteiger partial charge in [-0.05, 0) is 43.0 Å². The molecule has 0 bridgehead atoms. The van der Waals surface area contributed by atoms with E-state index < -0.39 is 0 Å². The summed E-state index contributed by atoms with van der Waals surface area (Å²) in [4.78, 5) is 13.8. The van der Waals surface area contributed by atoms with Crippen molar-refractivity contribution in [2.75, 3.05) is 30.7 Å². The molecular formula is C13H19N3O2. The Morgan fingerprint density at radius 2 is 2.17 bits per heavy atom. The second-order valence-electron chi connectivity index (χ2n) is 4.67. The molecule has 0 aromatic heterocycles. The van der Waals surface area contributed by atoms with Gasteiger partial charge < -0.3 is 21.1 Å². The molecule has 1 heterocycles. The van der Waals surface area contributed by atoms with Crippen molar-refractivity contribution < 1.29 is 9.90 Å². The maximum atomic E-state index is 12.0. The Morgan fingerprint density at radius 3 is 2.83 bits per heavy atom. The second kappa shape index (κ2) is 5.73. The normalized spacial score (nSPS) is 18.9. The van der Waals surface area contributed by atoms with Crippen LogP contribution in [0, 0.1) is 5.92 Å². The standard InChI is InChI=1S/C13H19N3O2/c14-11-1-3-12(4-2-11)15-13(18)16-7-5-10(9-16)6-8-17/h1-4,10,17H,5-9,14H2,(H,15,18). The molecule has 4 N–H and O–H groups in total. The molecule has 0 radical (unpaired) electrons. The van der Waals surface area contributed by atoms with Crippen LogP contribution < -0.4 is 11.1 Å². The number of nitrogens with one attached hydrogen (secondary N) is 1. The van der Waals surface area contributed by atoms with Gasteiger partial charge in [-0.1, -0.05) is 0 Å². The third kappa shape index (κ3) is 3.13. The van der Waals surface area contributed by atoms with Gasteiger partial charge in [-0.3, -0.25) is 0 Å². The zero-order valence-corrected chi connectivity index (χ0v) is 10.3. The van der Waals surface area contributed by atoms with Gasteiger partial charge in [0.2, 0.25) is 0 Å². The lowest BCUT2D eigenvalue weighted by Crippen LogP contribution is -2.33. The van der Waals surface area contributed by atoms with Crippen molar-refractivity contribution in [3.8, 4) is 0 Å². The van der Waals surface area contributed by atoms with Crippen molar-refractivity contribution in [2.24, 2.45) is 5.92 Å². The van der Waals surface area contributed by atoms with Crippen LogP contribution in [0.5, 0.6) is 0 Å². The highest BCUT2D eigenvalue weighted by molar-refractivity contribution is 5.89. The molecule has 5 nitrogen and oxygen atoms in total. The summed E-state index contributed by atoms with van der Waals surface area (Å²) >= 11 is 0. The fraction of sp³-hybridized carbons (Fsp3) is 0.462. The number of anilines is 2. The first-order valence-electron chi connectivity index (χ1n) is 6.21. The molecule has 1 aromatic carbocycles. The quantitative estimate of drug-likeness (QED) is 0.710. The number of amides is 2. The topological polar surface area (TPSA) is 78.6 Å². The highest BCUT2D eigenvalue weighted by Gasteiger charge is 2.25. The van der Waals surface area contributed by atoms with Gasteiger partial charge in [-0.25, -0.2) is 4.79 Å². The lowest BCUT2D eigenvalue weighted by Gasteiger charge is -2.17. The smallest absolute Gasteiger partial charge is 0.321 e. The number of urea groups is 1. The molecule has 1 unspecified atom stereocenters. The molecular weight excluding hydrogens is 230 g/mol. The van der Waals surface area contributed by atoms with Crippen molar-refractivity contribution in [1.82, 2.24) is 4.90 Å². The summed E-state index contributed by atoms with van der Waals surface area (Å²) in [6.45, 7) is 1.67. The molecule has 1 aliphatic rings. The van der Waals surface area contributed by atoms with Crippen LogP contribution in [0.25, 0.3) is 0 Å². The Morgan fingerprint density at radius 1 is 1.44 bits per heavy atom. The largest absolute Gasteiger partial charge is 0.399 e. The van der Waals surface area contributed by atoms with Gasteiger partial charge in [-0.2, -0.15) is 0 Å². The fourth-order valence-corrected chi connectivity index (χ4v) is 2.20. The van der Waals surface area contributed by atoms with Gasteiger partial charge in [0.05, 0.1) is 0 Å². The van der Waals surface area contributed by atoms with E-state index in [1.165, 1.54) is 0 Å². The van der Waals surface area contributed by atoms with Crippen molar-refractivity contribution in [3.05, 3.63) is 24.3 Å². The second-order valence-corrected chi connectivity index (χ2v) is 4.67. The maximum Gasteiger partial charge on any atom is 0.321 e. The molecule has 98 valence electrons. The summed E-state index contributed by atoms with van der Waals surface area (Å²) in [5.74, 6) is 0.423. The Hall–Kier alpha value is -1.75. The molecule has 1 saturated heterocycles. The third-order valence-electron chi connectivity index (χ3n) is 3.27. The predicted molar refractivity (Wildman–Crippen MR) is 71.3 cm³/mol. The first-order valence-corrected chi connectivity index (χ1v) is 6.21. The van der Waals surface area contributed by atoms with E-state index in [0.29, 0.717) is 11.6 Å². The molecule has 1 aromatic rings. The third-order valence-corrected chi connectivity index (χ3v) is 3.27. The molecule has 1 aliphatic heterocycles. The van der Waals surface area contributed by atoms with Crippen molar-refractivity contribution >= 4 is 17.4 Å². The van der Waals surface area contributed by atoms with Gasteiger partial charge in [0.15, 0.2) is 0 Å². The number of aliphatic hydroxyl groups excluding tert-OH is 1.